The average molecular weight is 351 g/mol. The lowest BCUT2D eigenvalue weighted by Gasteiger charge is -2.44. The number of halogens is 1. The second kappa shape index (κ2) is 8.17. The molecule has 2 rings (SSSR count). The summed E-state index contributed by atoms with van der Waals surface area (Å²) in [4.78, 5) is 14.5. The first-order chi connectivity index (χ1) is 11.7. The lowest BCUT2D eigenvalue weighted by Crippen LogP contribution is -2.53. The Morgan fingerprint density at radius 3 is 2.72 bits per heavy atom. The van der Waals surface area contributed by atoms with Gasteiger partial charge in [-0.15, -0.1) is 0 Å². The molecule has 1 aliphatic heterocycles. The van der Waals surface area contributed by atoms with Crippen molar-refractivity contribution in [3.63, 3.8) is 0 Å². The fourth-order valence-corrected chi connectivity index (χ4v) is 3.55. The minimum Gasteiger partial charge on any atom is -0.444 e. The van der Waals surface area contributed by atoms with Gasteiger partial charge in [-0.3, -0.25) is 4.90 Å². The lowest BCUT2D eigenvalue weighted by atomic mass is 9.88. The van der Waals surface area contributed by atoms with E-state index >= 15 is 0 Å². The molecule has 3 atom stereocenters. The van der Waals surface area contributed by atoms with Gasteiger partial charge in [-0.1, -0.05) is 25.5 Å². The number of likely N-dealkylation sites (tertiary alicyclic amines) is 1. The highest BCUT2D eigenvalue weighted by molar-refractivity contribution is 5.69. The highest BCUT2D eigenvalue weighted by Gasteiger charge is 2.40. The zero-order valence-electron chi connectivity index (χ0n) is 15.7. The molecule has 0 saturated carbocycles. The van der Waals surface area contributed by atoms with E-state index in [1.807, 2.05) is 20.8 Å². The van der Waals surface area contributed by atoms with E-state index in [0.29, 0.717) is 12.0 Å². The number of carbonyl (C=O) groups is 1. The molecular weight excluding hydrogens is 321 g/mol. The standard InChI is InChI=1S/C20H30FNO3/c1-5-8-16-11-7-12-17(22(16)19(24)25-20(2,3)4)18(23)14-9-6-10-15(21)13-14/h6,9-10,13,16-18,23H,5,7-8,11-12H2,1-4H3/t16?,17?,18-/m0/s1. The third-order valence-electron chi connectivity index (χ3n) is 4.57. The van der Waals surface area contributed by atoms with Crippen LogP contribution < -0.4 is 0 Å². The van der Waals surface area contributed by atoms with Crippen molar-refractivity contribution in [2.75, 3.05) is 0 Å². The minimum atomic E-state index is -0.928. The van der Waals surface area contributed by atoms with Gasteiger partial charge in [-0.2, -0.15) is 0 Å². The molecule has 1 N–H and O–H groups in total. The summed E-state index contributed by atoms with van der Waals surface area (Å²) in [5.41, 5.74) is -0.102. The Balaban J connectivity index is 2.29. The number of rotatable bonds is 4. The number of hydrogen-bond acceptors (Lipinski definition) is 3. The molecule has 0 radical (unpaired) electrons. The highest BCUT2D eigenvalue weighted by Crippen LogP contribution is 2.34. The summed E-state index contributed by atoms with van der Waals surface area (Å²) in [6.07, 6.45) is 3.00. The van der Waals surface area contributed by atoms with Gasteiger partial charge >= 0.3 is 6.09 Å². The molecule has 1 heterocycles. The topological polar surface area (TPSA) is 49.8 Å². The van der Waals surface area contributed by atoms with E-state index in [1.54, 1.807) is 17.0 Å². The Bertz CT molecular complexity index is 583. The number of nitrogens with zero attached hydrogens (tertiary/aromatic N) is 1. The van der Waals surface area contributed by atoms with E-state index in [9.17, 15) is 14.3 Å². The van der Waals surface area contributed by atoms with Crippen LogP contribution in [0.3, 0.4) is 0 Å². The van der Waals surface area contributed by atoms with E-state index in [0.717, 1.165) is 25.7 Å². The smallest absolute Gasteiger partial charge is 0.410 e. The molecule has 0 aromatic heterocycles. The molecule has 25 heavy (non-hydrogen) atoms. The number of benzene rings is 1. The third-order valence-corrected chi connectivity index (χ3v) is 4.57. The normalized spacial score (nSPS) is 22.6. The van der Waals surface area contributed by atoms with Crippen molar-refractivity contribution in [2.45, 2.75) is 83.6 Å². The second-order valence-corrected chi connectivity index (χ2v) is 7.83. The van der Waals surface area contributed by atoms with Gasteiger partial charge in [0.1, 0.15) is 11.4 Å². The van der Waals surface area contributed by atoms with Crippen molar-refractivity contribution in [2.24, 2.45) is 0 Å². The third kappa shape index (κ3) is 5.18. The predicted octanol–water partition coefficient (Wildman–Crippen LogP) is 4.82. The Morgan fingerprint density at radius 2 is 2.12 bits per heavy atom. The number of piperidine rings is 1. The van der Waals surface area contributed by atoms with Gasteiger partial charge in [0.25, 0.3) is 0 Å². The number of aliphatic hydroxyl groups is 1. The largest absolute Gasteiger partial charge is 0.444 e. The molecular formula is C20H30FNO3. The van der Waals surface area contributed by atoms with Crippen molar-refractivity contribution in [3.8, 4) is 0 Å². The van der Waals surface area contributed by atoms with Gasteiger partial charge in [0, 0.05) is 6.04 Å². The van der Waals surface area contributed by atoms with E-state index in [4.69, 9.17) is 4.74 Å². The van der Waals surface area contributed by atoms with Crippen molar-refractivity contribution >= 4 is 6.09 Å². The first kappa shape index (κ1) is 19.7. The highest BCUT2D eigenvalue weighted by atomic mass is 19.1. The van der Waals surface area contributed by atoms with E-state index < -0.39 is 23.8 Å². The second-order valence-electron chi connectivity index (χ2n) is 7.83. The number of hydrogen-bond donors (Lipinski definition) is 1. The Kier molecular flexibility index (Phi) is 6.44. The first-order valence-electron chi connectivity index (χ1n) is 9.17. The van der Waals surface area contributed by atoms with Crippen LogP contribution in [0.15, 0.2) is 24.3 Å². The van der Waals surface area contributed by atoms with Crippen LogP contribution in [0.4, 0.5) is 9.18 Å². The van der Waals surface area contributed by atoms with Gasteiger partial charge in [0.15, 0.2) is 0 Å². The molecule has 1 aromatic carbocycles. The SMILES string of the molecule is CCCC1CCCC([C@@H](O)c2cccc(F)c2)N1C(=O)OC(C)(C)C. The number of amides is 1. The molecule has 0 bridgehead atoms. The fourth-order valence-electron chi connectivity index (χ4n) is 3.55. The van der Waals surface area contributed by atoms with E-state index in [2.05, 4.69) is 6.92 Å². The van der Waals surface area contributed by atoms with Gasteiger partial charge < -0.3 is 9.84 Å². The van der Waals surface area contributed by atoms with E-state index in [1.165, 1.54) is 12.1 Å². The van der Waals surface area contributed by atoms with Crippen LogP contribution in [-0.4, -0.2) is 33.8 Å². The molecule has 0 aliphatic carbocycles. The number of ether oxygens (including phenoxy) is 1. The molecule has 1 saturated heterocycles. The minimum absolute atomic E-state index is 0.0433. The summed E-state index contributed by atoms with van der Waals surface area (Å²) in [6.45, 7) is 7.59. The molecule has 0 spiro atoms. The van der Waals surface area contributed by atoms with Crippen molar-refractivity contribution in [3.05, 3.63) is 35.6 Å². The van der Waals surface area contributed by atoms with Crippen LogP contribution in [-0.2, 0) is 4.74 Å². The number of aliphatic hydroxyl groups excluding tert-OH is 1. The Morgan fingerprint density at radius 1 is 1.40 bits per heavy atom. The quantitative estimate of drug-likeness (QED) is 0.846. The first-order valence-corrected chi connectivity index (χ1v) is 9.17. The Hall–Kier alpha value is -1.62. The average Bonchev–Trinajstić information content (AvgIpc) is 2.52. The van der Waals surface area contributed by atoms with Crippen LogP contribution in [0.1, 0.15) is 71.5 Å². The zero-order valence-corrected chi connectivity index (χ0v) is 15.7. The monoisotopic (exact) mass is 351 g/mol. The van der Waals surface area contributed by atoms with Crippen LogP contribution in [0, 0.1) is 5.82 Å². The molecule has 140 valence electrons. The fraction of sp³-hybridized carbons (Fsp3) is 0.650. The maximum Gasteiger partial charge on any atom is 0.410 e. The molecule has 2 unspecified atom stereocenters. The molecule has 1 amide bonds. The summed E-state index contributed by atoms with van der Waals surface area (Å²) in [6, 6.07) is 5.61. The summed E-state index contributed by atoms with van der Waals surface area (Å²) in [5, 5.41) is 10.9. The molecule has 4 nitrogen and oxygen atoms in total. The summed E-state index contributed by atoms with van der Waals surface area (Å²) < 4.78 is 19.1. The Labute approximate surface area is 150 Å². The maximum atomic E-state index is 13.6. The molecule has 1 aliphatic rings. The maximum absolute atomic E-state index is 13.6. The van der Waals surface area contributed by atoms with E-state index in [-0.39, 0.29) is 11.9 Å². The lowest BCUT2D eigenvalue weighted by molar-refractivity contribution is -0.0368. The van der Waals surface area contributed by atoms with Crippen molar-refractivity contribution in [1.82, 2.24) is 4.90 Å². The van der Waals surface area contributed by atoms with Crippen LogP contribution >= 0.6 is 0 Å². The van der Waals surface area contributed by atoms with Crippen LogP contribution in [0.25, 0.3) is 0 Å². The van der Waals surface area contributed by atoms with Gasteiger partial charge in [0.2, 0.25) is 0 Å². The van der Waals surface area contributed by atoms with Crippen molar-refractivity contribution < 1.29 is 19.0 Å². The van der Waals surface area contributed by atoms with Crippen LogP contribution in [0.5, 0.6) is 0 Å². The van der Waals surface area contributed by atoms with Gasteiger partial charge in [0.05, 0.1) is 12.1 Å². The van der Waals surface area contributed by atoms with Gasteiger partial charge in [-0.05, 0) is 64.2 Å². The van der Waals surface area contributed by atoms with Crippen LogP contribution in [0.2, 0.25) is 0 Å². The summed E-state index contributed by atoms with van der Waals surface area (Å²) in [5.74, 6) is -0.388. The summed E-state index contributed by atoms with van der Waals surface area (Å²) >= 11 is 0. The molecule has 1 aromatic rings. The molecule has 5 heteroatoms. The zero-order chi connectivity index (χ0) is 18.6. The summed E-state index contributed by atoms with van der Waals surface area (Å²) in [7, 11) is 0. The van der Waals surface area contributed by atoms with Crippen molar-refractivity contribution in [1.29, 1.82) is 0 Å². The predicted molar refractivity (Wildman–Crippen MR) is 95.8 cm³/mol. The molecule has 1 fully saturated rings. The van der Waals surface area contributed by atoms with Gasteiger partial charge in [-0.25, -0.2) is 9.18 Å². The number of carbonyl (C=O) groups excluding carboxylic acids is 1.